The molecular weight excluding hydrogens is 487 g/mol. The van der Waals surface area contributed by atoms with Crippen LogP contribution in [0.1, 0.15) is 49.9 Å². The molecule has 3 rings (SSSR count). The Hall–Kier alpha value is -2.03. The molecule has 0 fully saturated rings. The Morgan fingerprint density at radius 3 is 2.77 bits per heavy atom. The molecule has 6 nitrogen and oxygen atoms in total. The summed E-state index contributed by atoms with van der Waals surface area (Å²) < 4.78 is 1.91. The summed E-state index contributed by atoms with van der Waals surface area (Å²) in [6.45, 7) is 8.95. The number of aryl methyl sites for hydroxylation is 2. The van der Waals surface area contributed by atoms with Gasteiger partial charge in [-0.15, -0.1) is 24.0 Å². The maximum Gasteiger partial charge on any atom is 0.193 e. The average molecular weight is 522 g/mol. The first-order valence-electron chi connectivity index (χ1n) is 10.6. The van der Waals surface area contributed by atoms with Gasteiger partial charge < -0.3 is 15.2 Å². The SMILES string of the molecule is CCNC(=NCCCc1c[nH]c2ccccc12)N(C)Cc1cn(C)nc1C(C)C.I. The largest absolute Gasteiger partial charge is 0.361 e. The third-order valence-corrected chi connectivity index (χ3v) is 5.13. The molecule has 3 aromatic rings. The highest BCUT2D eigenvalue weighted by molar-refractivity contribution is 14.0. The molecule has 164 valence electrons. The van der Waals surface area contributed by atoms with E-state index in [1.807, 2.05) is 11.7 Å². The van der Waals surface area contributed by atoms with Crippen molar-refractivity contribution in [1.82, 2.24) is 25.0 Å². The minimum absolute atomic E-state index is 0. The number of rotatable bonds is 8. The summed E-state index contributed by atoms with van der Waals surface area (Å²) in [5.41, 5.74) is 4.99. The zero-order valence-electron chi connectivity index (χ0n) is 18.8. The van der Waals surface area contributed by atoms with Gasteiger partial charge in [0.2, 0.25) is 0 Å². The summed E-state index contributed by atoms with van der Waals surface area (Å²) in [7, 11) is 4.08. The predicted octanol–water partition coefficient (Wildman–Crippen LogP) is 4.67. The van der Waals surface area contributed by atoms with Crippen molar-refractivity contribution in [2.75, 3.05) is 20.1 Å². The number of nitrogens with one attached hydrogen (secondary N) is 2. The number of guanidine groups is 1. The third-order valence-electron chi connectivity index (χ3n) is 5.13. The van der Waals surface area contributed by atoms with Crippen LogP contribution in [0.3, 0.4) is 0 Å². The Morgan fingerprint density at radius 1 is 1.27 bits per heavy atom. The van der Waals surface area contributed by atoms with Crippen LogP contribution in [-0.4, -0.2) is 45.8 Å². The fourth-order valence-electron chi connectivity index (χ4n) is 3.76. The quantitative estimate of drug-likeness (QED) is 0.196. The van der Waals surface area contributed by atoms with Gasteiger partial charge in [0.15, 0.2) is 5.96 Å². The molecule has 0 aliphatic carbocycles. The molecule has 2 N–H and O–H groups in total. The molecule has 1 aromatic carbocycles. The summed E-state index contributed by atoms with van der Waals surface area (Å²) >= 11 is 0. The lowest BCUT2D eigenvalue weighted by molar-refractivity contribution is 0.473. The highest BCUT2D eigenvalue weighted by Crippen LogP contribution is 2.20. The van der Waals surface area contributed by atoms with Crippen LogP contribution in [-0.2, 0) is 20.0 Å². The molecule has 0 unspecified atom stereocenters. The molecule has 2 aromatic heterocycles. The Labute approximate surface area is 197 Å². The number of fused-ring (bicyclic) bond motifs is 1. The van der Waals surface area contributed by atoms with E-state index in [0.717, 1.165) is 44.1 Å². The molecule has 0 amide bonds. The first-order valence-corrected chi connectivity index (χ1v) is 10.6. The lowest BCUT2D eigenvalue weighted by Crippen LogP contribution is -2.38. The van der Waals surface area contributed by atoms with Crippen molar-refractivity contribution >= 4 is 40.8 Å². The van der Waals surface area contributed by atoms with Gasteiger partial charge in [0.05, 0.1) is 5.69 Å². The molecule has 0 saturated carbocycles. The van der Waals surface area contributed by atoms with Crippen molar-refractivity contribution in [3.05, 3.63) is 53.5 Å². The minimum atomic E-state index is 0. The van der Waals surface area contributed by atoms with Crippen LogP contribution in [0.25, 0.3) is 10.9 Å². The molecule has 0 aliphatic heterocycles. The van der Waals surface area contributed by atoms with Crippen LogP contribution < -0.4 is 5.32 Å². The second-order valence-electron chi connectivity index (χ2n) is 7.92. The van der Waals surface area contributed by atoms with E-state index < -0.39 is 0 Å². The average Bonchev–Trinajstić information content (AvgIpc) is 3.27. The second kappa shape index (κ2) is 11.4. The predicted molar refractivity (Wildman–Crippen MR) is 137 cm³/mol. The summed E-state index contributed by atoms with van der Waals surface area (Å²) in [4.78, 5) is 10.4. The smallest absolute Gasteiger partial charge is 0.193 e. The van der Waals surface area contributed by atoms with Crippen LogP contribution in [0.4, 0.5) is 0 Å². The van der Waals surface area contributed by atoms with E-state index in [4.69, 9.17) is 4.99 Å². The zero-order valence-corrected chi connectivity index (χ0v) is 21.1. The summed E-state index contributed by atoms with van der Waals surface area (Å²) in [5.74, 6) is 1.36. The number of benzene rings is 1. The van der Waals surface area contributed by atoms with Gasteiger partial charge in [0.1, 0.15) is 0 Å². The van der Waals surface area contributed by atoms with Gasteiger partial charge >= 0.3 is 0 Å². The molecule has 2 heterocycles. The number of halogens is 1. The van der Waals surface area contributed by atoms with Crippen LogP contribution >= 0.6 is 24.0 Å². The van der Waals surface area contributed by atoms with Gasteiger partial charge in [0.25, 0.3) is 0 Å². The fourth-order valence-corrected chi connectivity index (χ4v) is 3.76. The number of nitrogens with zero attached hydrogens (tertiary/aromatic N) is 4. The summed E-state index contributed by atoms with van der Waals surface area (Å²) in [6, 6.07) is 8.47. The number of H-pyrrole nitrogens is 1. The lowest BCUT2D eigenvalue weighted by Gasteiger charge is -2.22. The first-order chi connectivity index (χ1) is 14.0. The van der Waals surface area contributed by atoms with Gasteiger partial charge in [-0.2, -0.15) is 5.10 Å². The van der Waals surface area contributed by atoms with Gasteiger partial charge in [-0.05, 0) is 37.3 Å². The minimum Gasteiger partial charge on any atom is -0.361 e. The van der Waals surface area contributed by atoms with Crippen molar-refractivity contribution < 1.29 is 0 Å². The first kappa shape index (κ1) is 24.2. The van der Waals surface area contributed by atoms with E-state index in [2.05, 4.69) is 84.8 Å². The van der Waals surface area contributed by atoms with Gasteiger partial charge in [-0.3, -0.25) is 9.67 Å². The van der Waals surface area contributed by atoms with Crippen LogP contribution in [0, 0.1) is 0 Å². The van der Waals surface area contributed by atoms with Crippen molar-refractivity contribution in [2.45, 2.75) is 46.1 Å². The summed E-state index contributed by atoms with van der Waals surface area (Å²) in [6.07, 6.45) is 6.29. The van der Waals surface area contributed by atoms with Crippen LogP contribution in [0.15, 0.2) is 41.7 Å². The standard InChI is InChI=1S/C23H34N6.HI/c1-6-24-23(28(4)15-19-16-29(5)27-22(19)17(2)3)25-13-9-10-18-14-26-21-12-8-7-11-20(18)21;/h7-8,11-12,14,16-17,26H,6,9-10,13,15H2,1-5H3,(H,24,25);1H. The molecule has 0 spiro atoms. The maximum atomic E-state index is 4.86. The molecule has 0 radical (unpaired) electrons. The number of para-hydroxylation sites is 1. The third kappa shape index (κ3) is 6.00. The van der Waals surface area contributed by atoms with Crippen molar-refractivity contribution in [2.24, 2.45) is 12.0 Å². The molecule has 7 heteroatoms. The van der Waals surface area contributed by atoms with E-state index in [9.17, 15) is 0 Å². The number of hydrogen-bond acceptors (Lipinski definition) is 2. The molecule has 30 heavy (non-hydrogen) atoms. The van der Waals surface area contributed by atoms with E-state index in [1.54, 1.807) is 0 Å². The van der Waals surface area contributed by atoms with Crippen molar-refractivity contribution in [3.8, 4) is 0 Å². The number of hydrogen-bond donors (Lipinski definition) is 2. The number of aromatic nitrogens is 3. The lowest BCUT2D eigenvalue weighted by atomic mass is 10.1. The van der Waals surface area contributed by atoms with Gasteiger partial charge in [0, 0.05) is 62.6 Å². The molecule has 0 saturated heterocycles. The molecule has 0 atom stereocenters. The van der Waals surface area contributed by atoms with Crippen LogP contribution in [0.5, 0.6) is 0 Å². The van der Waals surface area contributed by atoms with E-state index in [0.29, 0.717) is 5.92 Å². The topological polar surface area (TPSA) is 61.2 Å². The highest BCUT2D eigenvalue weighted by Gasteiger charge is 2.15. The van der Waals surface area contributed by atoms with E-state index in [-0.39, 0.29) is 24.0 Å². The Balaban J connectivity index is 0.00000320. The zero-order chi connectivity index (χ0) is 20.8. The number of aliphatic imine (C=N–C) groups is 1. The monoisotopic (exact) mass is 522 g/mol. The van der Waals surface area contributed by atoms with Crippen molar-refractivity contribution in [3.63, 3.8) is 0 Å². The van der Waals surface area contributed by atoms with Gasteiger partial charge in [-0.1, -0.05) is 32.0 Å². The molecule has 0 bridgehead atoms. The van der Waals surface area contributed by atoms with Crippen LogP contribution in [0.2, 0.25) is 0 Å². The highest BCUT2D eigenvalue weighted by atomic mass is 127. The maximum absolute atomic E-state index is 4.86. The Bertz CT molecular complexity index is 956. The molecule has 0 aliphatic rings. The second-order valence-corrected chi connectivity index (χ2v) is 7.92. The summed E-state index contributed by atoms with van der Waals surface area (Å²) in [5, 5.41) is 9.37. The number of aromatic amines is 1. The van der Waals surface area contributed by atoms with Crippen molar-refractivity contribution in [1.29, 1.82) is 0 Å². The molecular formula is C23H35IN6. The Kier molecular flexibility index (Phi) is 9.20. The fraction of sp³-hybridized carbons (Fsp3) is 0.478. The normalized spacial score (nSPS) is 11.7. The Morgan fingerprint density at radius 2 is 2.03 bits per heavy atom. The van der Waals surface area contributed by atoms with E-state index >= 15 is 0 Å². The van der Waals surface area contributed by atoms with Gasteiger partial charge in [-0.25, -0.2) is 0 Å². The van der Waals surface area contributed by atoms with E-state index in [1.165, 1.54) is 22.0 Å².